The van der Waals surface area contributed by atoms with Crippen LogP contribution in [-0.2, 0) is 9.53 Å². The number of carbonyl (C=O) groups excluding carboxylic acids is 1. The van der Waals surface area contributed by atoms with Crippen molar-refractivity contribution in [3.05, 3.63) is 40.6 Å². The number of cyclic esters (lactones) is 1. The van der Waals surface area contributed by atoms with Gasteiger partial charge in [0.05, 0.1) is 5.70 Å². The Morgan fingerprint density at radius 3 is 2.87 bits per heavy atom. The van der Waals surface area contributed by atoms with Crippen LogP contribution in [0, 0.1) is 6.92 Å². The Balaban J connectivity index is 2.14. The zero-order valence-corrected chi connectivity index (χ0v) is 8.97. The molecule has 15 heavy (non-hydrogen) atoms. The van der Waals surface area contributed by atoms with Gasteiger partial charge in [-0.3, -0.25) is 0 Å². The summed E-state index contributed by atoms with van der Waals surface area (Å²) in [7, 11) is 0. The quantitative estimate of drug-likeness (QED) is 0.783. The number of hydrogen-bond acceptors (Lipinski definition) is 3. The van der Waals surface area contributed by atoms with Gasteiger partial charge in [-0.25, -0.2) is 4.79 Å². The highest BCUT2D eigenvalue weighted by molar-refractivity contribution is 6.31. The van der Waals surface area contributed by atoms with Gasteiger partial charge in [-0.2, -0.15) is 0 Å². The molecule has 0 saturated carbocycles. The second kappa shape index (κ2) is 3.95. The summed E-state index contributed by atoms with van der Waals surface area (Å²) in [5, 5.41) is 3.77. The monoisotopic (exact) mass is 223 g/mol. The molecule has 4 heteroatoms. The SMILES string of the molecule is Cc1ccc(NC2=CC(=O)OC2)cc1Cl. The molecule has 1 heterocycles. The number of ether oxygens (including phenoxy) is 1. The van der Waals surface area contributed by atoms with Gasteiger partial charge in [0.2, 0.25) is 0 Å². The smallest absolute Gasteiger partial charge is 0.333 e. The van der Waals surface area contributed by atoms with Crippen LogP contribution in [-0.4, -0.2) is 12.6 Å². The number of benzene rings is 1. The molecule has 1 aromatic rings. The van der Waals surface area contributed by atoms with Crippen LogP contribution in [0.1, 0.15) is 5.56 Å². The van der Waals surface area contributed by atoms with Gasteiger partial charge in [0.25, 0.3) is 0 Å². The second-order valence-corrected chi connectivity index (χ2v) is 3.77. The zero-order valence-electron chi connectivity index (χ0n) is 8.21. The van der Waals surface area contributed by atoms with Gasteiger partial charge < -0.3 is 10.1 Å². The lowest BCUT2D eigenvalue weighted by Gasteiger charge is -2.07. The summed E-state index contributed by atoms with van der Waals surface area (Å²) >= 11 is 5.97. The minimum atomic E-state index is -0.310. The topological polar surface area (TPSA) is 38.3 Å². The molecule has 0 atom stereocenters. The van der Waals surface area contributed by atoms with Crippen molar-refractivity contribution in [2.24, 2.45) is 0 Å². The van der Waals surface area contributed by atoms with Crippen LogP contribution in [0.3, 0.4) is 0 Å². The van der Waals surface area contributed by atoms with E-state index in [1.807, 2.05) is 25.1 Å². The van der Waals surface area contributed by atoms with Gasteiger partial charge >= 0.3 is 5.97 Å². The summed E-state index contributed by atoms with van der Waals surface area (Å²) < 4.78 is 4.76. The Morgan fingerprint density at radius 1 is 1.47 bits per heavy atom. The molecule has 78 valence electrons. The molecule has 2 rings (SSSR count). The number of aryl methyl sites for hydroxylation is 1. The Kier molecular flexibility index (Phi) is 2.64. The van der Waals surface area contributed by atoms with Crippen molar-refractivity contribution >= 4 is 23.3 Å². The van der Waals surface area contributed by atoms with Gasteiger partial charge in [0.15, 0.2) is 0 Å². The van der Waals surface area contributed by atoms with Gasteiger partial charge in [-0.05, 0) is 24.6 Å². The Morgan fingerprint density at radius 2 is 2.27 bits per heavy atom. The fourth-order valence-corrected chi connectivity index (χ4v) is 1.48. The van der Waals surface area contributed by atoms with E-state index in [4.69, 9.17) is 16.3 Å². The van der Waals surface area contributed by atoms with E-state index in [9.17, 15) is 4.79 Å². The molecule has 1 aliphatic heterocycles. The van der Waals surface area contributed by atoms with Crippen LogP contribution in [0.5, 0.6) is 0 Å². The van der Waals surface area contributed by atoms with E-state index in [1.54, 1.807) is 0 Å². The second-order valence-electron chi connectivity index (χ2n) is 3.37. The average molecular weight is 224 g/mol. The maximum Gasteiger partial charge on any atom is 0.333 e. The molecular weight excluding hydrogens is 214 g/mol. The summed E-state index contributed by atoms with van der Waals surface area (Å²) in [6.07, 6.45) is 1.44. The summed E-state index contributed by atoms with van der Waals surface area (Å²) in [5.74, 6) is -0.310. The lowest BCUT2D eigenvalue weighted by atomic mass is 10.2. The molecule has 1 N–H and O–H groups in total. The summed E-state index contributed by atoms with van der Waals surface area (Å²) in [6.45, 7) is 2.23. The highest BCUT2D eigenvalue weighted by Crippen LogP contribution is 2.21. The fourth-order valence-electron chi connectivity index (χ4n) is 1.30. The van der Waals surface area contributed by atoms with Crippen LogP contribution >= 0.6 is 11.6 Å². The molecule has 0 amide bonds. The maximum absolute atomic E-state index is 10.8. The molecule has 1 aromatic carbocycles. The first-order valence-electron chi connectivity index (χ1n) is 4.55. The van der Waals surface area contributed by atoms with Crippen molar-refractivity contribution in [1.82, 2.24) is 0 Å². The molecule has 0 radical (unpaired) electrons. The fraction of sp³-hybridized carbons (Fsp3) is 0.182. The van der Waals surface area contributed by atoms with Crippen LogP contribution in [0.4, 0.5) is 5.69 Å². The third-order valence-electron chi connectivity index (χ3n) is 2.14. The van der Waals surface area contributed by atoms with E-state index in [-0.39, 0.29) is 5.97 Å². The molecule has 0 aromatic heterocycles. The van der Waals surface area contributed by atoms with E-state index in [0.29, 0.717) is 11.6 Å². The Hall–Kier alpha value is -1.48. The number of anilines is 1. The van der Waals surface area contributed by atoms with Crippen molar-refractivity contribution in [2.45, 2.75) is 6.92 Å². The average Bonchev–Trinajstić information content (AvgIpc) is 2.58. The Labute approximate surface area is 92.7 Å². The largest absolute Gasteiger partial charge is 0.456 e. The summed E-state index contributed by atoms with van der Waals surface area (Å²) in [5.41, 5.74) is 2.63. The number of hydrogen-bond donors (Lipinski definition) is 1. The highest BCUT2D eigenvalue weighted by Gasteiger charge is 2.12. The molecule has 0 unspecified atom stereocenters. The molecule has 3 nitrogen and oxygen atoms in total. The number of esters is 1. The van der Waals surface area contributed by atoms with Crippen molar-refractivity contribution in [3.63, 3.8) is 0 Å². The Bertz CT molecular complexity index is 440. The molecule has 0 fully saturated rings. The first kappa shape index (κ1) is 10.1. The van der Waals surface area contributed by atoms with Crippen molar-refractivity contribution in [1.29, 1.82) is 0 Å². The predicted molar refractivity (Wildman–Crippen MR) is 58.9 cm³/mol. The summed E-state index contributed by atoms with van der Waals surface area (Å²) in [4.78, 5) is 10.8. The molecular formula is C11H10ClNO2. The number of carbonyl (C=O) groups is 1. The first-order valence-corrected chi connectivity index (χ1v) is 4.93. The van der Waals surface area contributed by atoms with Crippen LogP contribution < -0.4 is 5.32 Å². The minimum Gasteiger partial charge on any atom is -0.456 e. The molecule has 0 saturated heterocycles. The van der Waals surface area contributed by atoms with Crippen molar-refractivity contribution in [3.8, 4) is 0 Å². The standard InChI is InChI=1S/C11H10ClNO2/c1-7-2-3-8(4-10(7)12)13-9-5-11(14)15-6-9/h2-5,13H,6H2,1H3. The third-order valence-corrected chi connectivity index (χ3v) is 2.55. The van der Waals surface area contributed by atoms with Crippen LogP contribution in [0.25, 0.3) is 0 Å². The van der Waals surface area contributed by atoms with Gasteiger partial charge in [0, 0.05) is 16.8 Å². The maximum atomic E-state index is 10.8. The zero-order chi connectivity index (χ0) is 10.8. The summed E-state index contributed by atoms with van der Waals surface area (Å²) in [6, 6.07) is 5.65. The molecule has 0 bridgehead atoms. The van der Waals surface area contributed by atoms with E-state index < -0.39 is 0 Å². The normalized spacial score (nSPS) is 14.8. The van der Waals surface area contributed by atoms with E-state index >= 15 is 0 Å². The van der Waals surface area contributed by atoms with Gasteiger partial charge in [0.1, 0.15) is 6.61 Å². The lowest BCUT2D eigenvalue weighted by molar-refractivity contribution is -0.134. The number of rotatable bonds is 2. The van der Waals surface area contributed by atoms with Crippen LogP contribution in [0.2, 0.25) is 5.02 Å². The number of nitrogens with one attached hydrogen (secondary N) is 1. The van der Waals surface area contributed by atoms with E-state index in [1.165, 1.54) is 6.08 Å². The first-order chi connectivity index (χ1) is 7.15. The van der Waals surface area contributed by atoms with E-state index in [2.05, 4.69) is 5.32 Å². The minimum absolute atomic E-state index is 0.296. The molecule has 1 aliphatic rings. The van der Waals surface area contributed by atoms with Gasteiger partial charge in [-0.15, -0.1) is 0 Å². The van der Waals surface area contributed by atoms with Crippen molar-refractivity contribution in [2.75, 3.05) is 11.9 Å². The molecule has 0 spiro atoms. The van der Waals surface area contributed by atoms with Gasteiger partial charge in [-0.1, -0.05) is 17.7 Å². The van der Waals surface area contributed by atoms with Crippen LogP contribution in [0.15, 0.2) is 30.0 Å². The highest BCUT2D eigenvalue weighted by atomic mass is 35.5. The third kappa shape index (κ3) is 2.30. The lowest BCUT2D eigenvalue weighted by Crippen LogP contribution is -2.01. The number of halogens is 1. The van der Waals surface area contributed by atoms with Crippen molar-refractivity contribution < 1.29 is 9.53 Å². The molecule has 0 aliphatic carbocycles. The van der Waals surface area contributed by atoms with E-state index in [0.717, 1.165) is 16.9 Å². The predicted octanol–water partition coefficient (Wildman–Crippen LogP) is 2.50.